The van der Waals surface area contributed by atoms with Gasteiger partial charge < -0.3 is 30.7 Å². The summed E-state index contributed by atoms with van der Waals surface area (Å²) >= 11 is 0. The van der Waals surface area contributed by atoms with Crippen LogP contribution >= 0.6 is 0 Å². The highest BCUT2D eigenvalue weighted by atomic mass is 16.6. The fourth-order valence-electron chi connectivity index (χ4n) is 5.41. The van der Waals surface area contributed by atoms with Crippen LogP contribution in [0.4, 0.5) is 4.79 Å². The van der Waals surface area contributed by atoms with Crippen molar-refractivity contribution in [2.75, 3.05) is 0 Å². The molecule has 1 aliphatic carbocycles. The monoisotopic (exact) mass is 608 g/mol. The van der Waals surface area contributed by atoms with Gasteiger partial charge in [0.15, 0.2) is 6.10 Å². The van der Waals surface area contributed by atoms with Gasteiger partial charge in [0.05, 0.1) is 0 Å². The zero-order valence-corrected chi connectivity index (χ0v) is 26.3. The highest BCUT2D eigenvalue weighted by Gasteiger charge is 2.51. The third kappa shape index (κ3) is 8.27. The third-order valence-corrected chi connectivity index (χ3v) is 8.24. The van der Waals surface area contributed by atoms with E-state index in [0.717, 1.165) is 22.8 Å². The van der Waals surface area contributed by atoms with Crippen molar-refractivity contribution in [3.05, 3.63) is 48.0 Å². The summed E-state index contributed by atoms with van der Waals surface area (Å²) in [4.78, 5) is 63.6. The zero-order valence-electron chi connectivity index (χ0n) is 26.3. The molecule has 2 fully saturated rings. The molecular formula is C33H44N4O7. The average Bonchev–Trinajstić information content (AvgIpc) is 3.69. The lowest BCUT2D eigenvalue weighted by Gasteiger charge is -2.37. The minimum atomic E-state index is -0.960. The number of amides is 4. The van der Waals surface area contributed by atoms with Gasteiger partial charge in [-0.25, -0.2) is 4.79 Å². The zero-order chi connectivity index (χ0) is 32.2. The Morgan fingerprint density at radius 2 is 1.70 bits per heavy atom. The topological polar surface area (TPSA) is 152 Å². The lowest BCUT2D eigenvalue weighted by Crippen LogP contribution is -2.56. The molecule has 4 rings (SSSR count). The molecule has 2 aromatic carbocycles. The molecule has 1 unspecified atom stereocenters. The Hall–Kier alpha value is -4.15. The van der Waals surface area contributed by atoms with Crippen molar-refractivity contribution in [3.63, 3.8) is 0 Å². The lowest BCUT2D eigenvalue weighted by molar-refractivity contribution is -0.193. The largest absolute Gasteiger partial charge is 0.451 e. The molecule has 11 heteroatoms. The number of benzene rings is 2. The van der Waals surface area contributed by atoms with Crippen LogP contribution in [0.5, 0.6) is 0 Å². The number of esters is 1. The van der Waals surface area contributed by atoms with Gasteiger partial charge in [0.2, 0.25) is 11.8 Å². The number of alkyl carbamates (subject to hydrolysis) is 1. The second-order valence-electron chi connectivity index (χ2n) is 12.9. The molecule has 4 amide bonds. The first-order valence-electron chi connectivity index (χ1n) is 15.3. The van der Waals surface area contributed by atoms with Crippen molar-refractivity contribution in [3.8, 4) is 0 Å². The lowest BCUT2D eigenvalue weighted by atomic mass is 9.83. The molecule has 238 valence electrons. The van der Waals surface area contributed by atoms with Crippen LogP contribution in [0.1, 0.15) is 66.4 Å². The van der Waals surface area contributed by atoms with E-state index in [9.17, 15) is 24.0 Å². The summed E-state index contributed by atoms with van der Waals surface area (Å²) in [6.45, 7) is 10.8. The van der Waals surface area contributed by atoms with E-state index in [0.29, 0.717) is 6.42 Å². The average molecular weight is 609 g/mol. The maximum Gasteiger partial charge on any atom is 0.408 e. The van der Waals surface area contributed by atoms with E-state index in [4.69, 9.17) is 9.47 Å². The second-order valence-corrected chi connectivity index (χ2v) is 12.9. The molecule has 44 heavy (non-hydrogen) atoms. The van der Waals surface area contributed by atoms with Gasteiger partial charge in [0, 0.05) is 12.6 Å². The summed E-state index contributed by atoms with van der Waals surface area (Å²) in [5, 5.41) is 13.3. The van der Waals surface area contributed by atoms with Crippen LogP contribution in [0.3, 0.4) is 0 Å². The molecule has 0 bridgehead atoms. The van der Waals surface area contributed by atoms with Crippen LogP contribution in [0, 0.1) is 17.8 Å². The number of nitrogens with one attached hydrogen (secondary N) is 4. The quantitative estimate of drug-likeness (QED) is 0.270. The molecule has 0 radical (unpaired) electrons. The predicted octanol–water partition coefficient (Wildman–Crippen LogP) is 3.34. The van der Waals surface area contributed by atoms with Crippen molar-refractivity contribution >= 4 is 40.6 Å². The normalized spacial score (nSPS) is 22.8. The summed E-state index contributed by atoms with van der Waals surface area (Å²) in [5.74, 6) is -2.10. The highest BCUT2D eigenvalue weighted by molar-refractivity contribution is 5.95. The molecule has 1 saturated carbocycles. The molecule has 11 nitrogen and oxygen atoms in total. The Kier molecular flexibility index (Phi) is 10.2. The van der Waals surface area contributed by atoms with Crippen molar-refractivity contribution in [1.82, 2.24) is 21.3 Å². The number of cyclic esters (lactones) is 1. The number of carbonyl (C=O) groups excluding carboxylic acids is 5. The van der Waals surface area contributed by atoms with Gasteiger partial charge >= 0.3 is 12.1 Å². The van der Waals surface area contributed by atoms with E-state index in [1.165, 1.54) is 6.92 Å². The van der Waals surface area contributed by atoms with Gasteiger partial charge in [-0.1, -0.05) is 62.7 Å². The van der Waals surface area contributed by atoms with Crippen LogP contribution in [-0.4, -0.2) is 59.6 Å². The Bertz CT molecular complexity index is 1400. The van der Waals surface area contributed by atoms with Crippen LogP contribution in [-0.2, 0) is 35.2 Å². The minimum absolute atomic E-state index is 0.0308. The van der Waals surface area contributed by atoms with Crippen LogP contribution in [0.15, 0.2) is 42.5 Å². The molecule has 1 saturated heterocycles. The first-order valence-corrected chi connectivity index (χ1v) is 15.3. The second kappa shape index (κ2) is 13.7. The number of carbonyl (C=O) groups is 5. The number of hydrogen-bond acceptors (Lipinski definition) is 7. The van der Waals surface area contributed by atoms with Gasteiger partial charge in [-0.15, -0.1) is 0 Å². The fraction of sp³-hybridized carbons (Fsp3) is 0.545. The Morgan fingerprint density at radius 1 is 1.00 bits per heavy atom. The Morgan fingerprint density at radius 3 is 2.39 bits per heavy atom. The number of hydrogen-bond donors (Lipinski definition) is 4. The van der Waals surface area contributed by atoms with Crippen molar-refractivity contribution < 1.29 is 33.4 Å². The van der Waals surface area contributed by atoms with Gasteiger partial charge in [-0.05, 0) is 68.7 Å². The van der Waals surface area contributed by atoms with E-state index in [1.54, 1.807) is 20.8 Å². The summed E-state index contributed by atoms with van der Waals surface area (Å²) in [6.07, 6.45) is 0.102. The van der Waals surface area contributed by atoms with E-state index in [1.807, 2.05) is 56.3 Å². The first-order chi connectivity index (χ1) is 20.8. The molecule has 7 atom stereocenters. The van der Waals surface area contributed by atoms with Crippen molar-refractivity contribution in [2.45, 2.75) is 97.2 Å². The smallest absolute Gasteiger partial charge is 0.408 e. The van der Waals surface area contributed by atoms with Crippen LogP contribution in [0.2, 0.25) is 0 Å². The fourth-order valence-corrected chi connectivity index (χ4v) is 5.41. The molecule has 0 aromatic heterocycles. The number of rotatable bonds is 12. The maximum atomic E-state index is 13.5. The van der Waals surface area contributed by atoms with Gasteiger partial charge in [0.25, 0.3) is 5.91 Å². The summed E-state index contributed by atoms with van der Waals surface area (Å²) in [6, 6.07) is 11.7. The first kappa shape index (κ1) is 32.8. The van der Waals surface area contributed by atoms with E-state index in [-0.39, 0.29) is 48.6 Å². The minimum Gasteiger partial charge on any atom is -0.451 e. The van der Waals surface area contributed by atoms with Crippen molar-refractivity contribution in [1.29, 1.82) is 0 Å². The highest BCUT2D eigenvalue weighted by Crippen LogP contribution is 2.37. The number of ether oxygens (including phenoxy) is 2. The summed E-state index contributed by atoms with van der Waals surface area (Å²) in [5.41, 5.74) is 0.200. The van der Waals surface area contributed by atoms with Gasteiger partial charge in [-0.2, -0.15) is 0 Å². The molecule has 2 aliphatic rings. The molecule has 0 spiro atoms. The van der Waals surface area contributed by atoms with E-state index < -0.39 is 41.7 Å². The standard InChI is InChI=1S/C33H44N4O7/c1-7-18(2)26-27(43-31(26)41)30(40)36-24-15-22(24)16-25(37-28(38)19(3)35-32(42)44-33(4,5)6)29(39)34-17-21-13-10-12-20-11-8-9-14-23(20)21/h8-14,18-19,22,24-27H,7,15-17H2,1-6H3,(H,34,39)(H,35,42)(H,36,40)(H,37,38)/t18-,19+,22-,24?,25+,26-,27+/m0/s1. The molecule has 1 aliphatic heterocycles. The Balaban J connectivity index is 1.39. The SMILES string of the molecule is CC[C@H](C)[C@@H]1C(=O)O[C@H]1C(=O)NC1C[C@H]1C[C@@H](NC(=O)[C@@H](C)NC(=O)OC(C)(C)C)C(=O)NCc1cccc2ccccc12. The van der Waals surface area contributed by atoms with Crippen LogP contribution < -0.4 is 21.3 Å². The van der Waals surface area contributed by atoms with E-state index >= 15 is 0 Å². The number of fused-ring (bicyclic) bond motifs is 1. The molecule has 1 heterocycles. The van der Waals surface area contributed by atoms with Gasteiger partial charge in [0.1, 0.15) is 23.6 Å². The molecule has 2 aromatic rings. The third-order valence-electron chi connectivity index (χ3n) is 8.24. The predicted molar refractivity (Wildman–Crippen MR) is 164 cm³/mol. The van der Waals surface area contributed by atoms with Crippen LogP contribution in [0.25, 0.3) is 10.8 Å². The Labute approximate surface area is 258 Å². The van der Waals surface area contributed by atoms with E-state index in [2.05, 4.69) is 21.3 Å². The molecular weight excluding hydrogens is 564 g/mol. The molecule has 4 N–H and O–H groups in total. The van der Waals surface area contributed by atoms with Gasteiger partial charge in [-0.3, -0.25) is 19.2 Å². The maximum absolute atomic E-state index is 13.5. The summed E-state index contributed by atoms with van der Waals surface area (Å²) in [7, 11) is 0. The summed E-state index contributed by atoms with van der Waals surface area (Å²) < 4.78 is 10.4. The van der Waals surface area contributed by atoms with Crippen molar-refractivity contribution in [2.24, 2.45) is 17.8 Å².